The van der Waals surface area contributed by atoms with E-state index in [4.69, 9.17) is 0 Å². The number of nitrogens with one attached hydrogen (secondary N) is 1. The summed E-state index contributed by atoms with van der Waals surface area (Å²) < 4.78 is 1.09. The lowest BCUT2D eigenvalue weighted by molar-refractivity contribution is 0.197. The third kappa shape index (κ3) is 5.30. The maximum Gasteiger partial charge on any atom is 0.317 e. The van der Waals surface area contributed by atoms with Gasteiger partial charge in [-0.25, -0.2) is 4.79 Å². The highest BCUT2D eigenvalue weighted by Crippen LogP contribution is 2.23. The van der Waals surface area contributed by atoms with Crippen LogP contribution >= 0.6 is 27.3 Å². The van der Waals surface area contributed by atoms with Gasteiger partial charge in [-0.2, -0.15) is 0 Å². The van der Waals surface area contributed by atoms with Gasteiger partial charge in [0.2, 0.25) is 0 Å². The summed E-state index contributed by atoms with van der Waals surface area (Å²) in [6, 6.07) is 14.3. The molecule has 1 aromatic carbocycles. The normalized spacial score (nSPS) is 15.9. The van der Waals surface area contributed by atoms with Crippen molar-refractivity contribution in [3.63, 3.8) is 0 Å². The third-order valence-corrected chi connectivity index (χ3v) is 6.12. The van der Waals surface area contributed by atoms with Crippen molar-refractivity contribution in [3.8, 4) is 0 Å². The number of carbonyl (C=O) groups is 1. The van der Waals surface area contributed by atoms with E-state index in [9.17, 15) is 4.79 Å². The van der Waals surface area contributed by atoms with Gasteiger partial charge in [0.15, 0.2) is 0 Å². The highest BCUT2D eigenvalue weighted by Gasteiger charge is 2.22. The first-order chi connectivity index (χ1) is 12.1. The van der Waals surface area contributed by atoms with E-state index in [0.717, 1.165) is 29.0 Å². The Morgan fingerprint density at radius 3 is 2.60 bits per heavy atom. The van der Waals surface area contributed by atoms with Crippen LogP contribution in [0, 0.1) is 0 Å². The average molecular weight is 422 g/mol. The van der Waals surface area contributed by atoms with Crippen molar-refractivity contribution in [1.82, 2.24) is 15.1 Å². The molecule has 2 amide bonds. The molecule has 6 heteroatoms. The molecule has 1 atom stereocenters. The molecule has 1 unspecified atom stereocenters. The first kappa shape index (κ1) is 18.4. The zero-order valence-corrected chi connectivity index (χ0v) is 16.9. The van der Waals surface area contributed by atoms with E-state index in [-0.39, 0.29) is 12.1 Å². The maximum atomic E-state index is 12.7. The predicted molar refractivity (Wildman–Crippen MR) is 107 cm³/mol. The van der Waals surface area contributed by atoms with Crippen LogP contribution in [0.5, 0.6) is 0 Å². The van der Waals surface area contributed by atoms with Gasteiger partial charge in [-0.15, -0.1) is 11.3 Å². The lowest BCUT2D eigenvalue weighted by atomic mass is 10.1. The van der Waals surface area contributed by atoms with Gasteiger partial charge in [-0.3, -0.25) is 0 Å². The van der Waals surface area contributed by atoms with Crippen molar-refractivity contribution in [3.05, 3.63) is 56.7 Å². The van der Waals surface area contributed by atoms with Gasteiger partial charge in [0.1, 0.15) is 0 Å². The molecular weight excluding hydrogens is 398 g/mol. The molecule has 1 saturated heterocycles. The number of hydrogen-bond donors (Lipinski definition) is 1. The number of halogens is 1. The quantitative estimate of drug-likeness (QED) is 0.745. The fourth-order valence-corrected chi connectivity index (χ4v) is 4.68. The monoisotopic (exact) mass is 421 g/mol. The van der Waals surface area contributed by atoms with Gasteiger partial charge in [0.05, 0.1) is 16.4 Å². The van der Waals surface area contributed by atoms with Gasteiger partial charge in [-0.05, 0) is 59.6 Å². The molecule has 1 aliphatic rings. The number of carbonyl (C=O) groups excluding carboxylic acids is 1. The SMILES string of the molecule is CN(Cc1ccc(Br)s1)C(=O)NC(CN1CCCC1)c1ccccc1. The van der Waals surface area contributed by atoms with E-state index >= 15 is 0 Å². The average Bonchev–Trinajstić information content (AvgIpc) is 3.26. The molecule has 0 aliphatic carbocycles. The first-order valence-corrected chi connectivity index (χ1v) is 10.3. The van der Waals surface area contributed by atoms with Crippen LogP contribution in [0.2, 0.25) is 0 Å². The highest BCUT2D eigenvalue weighted by molar-refractivity contribution is 9.11. The zero-order chi connectivity index (χ0) is 17.6. The molecule has 2 heterocycles. The van der Waals surface area contributed by atoms with E-state index in [1.54, 1.807) is 16.2 Å². The molecule has 1 aromatic heterocycles. The van der Waals surface area contributed by atoms with Crippen molar-refractivity contribution < 1.29 is 4.79 Å². The second kappa shape index (κ2) is 8.83. The van der Waals surface area contributed by atoms with Crippen molar-refractivity contribution in [2.75, 3.05) is 26.7 Å². The molecule has 1 aliphatic heterocycles. The third-order valence-electron chi connectivity index (χ3n) is 4.51. The molecule has 0 spiro atoms. The van der Waals surface area contributed by atoms with Gasteiger partial charge in [0, 0.05) is 18.5 Å². The number of benzene rings is 1. The van der Waals surface area contributed by atoms with Crippen LogP contribution in [0.3, 0.4) is 0 Å². The predicted octanol–water partition coefficient (Wildman–Crippen LogP) is 4.49. The topological polar surface area (TPSA) is 35.6 Å². The molecule has 0 saturated carbocycles. The van der Waals surface area contributed by atoms with E-state index in [1.807, 2.05) is 31.3 Å². The van der Waals surface area contributed by atoms with E-state index in [1.165, 1.54) is 17.7 Å². The van der Waals surface area contributed by atoms with Crippen LogP contribution in [0.4, 0.5) is 4.79 Å². The van der Waals surface area contributed by atoms with Gasteiger partial charge in [0.25, 0.3) is 0 Å². The van der Waals surface area contributed by atoms with E-state index in [0.29, 0.717) is 6.54 Å². The van der Waals surface area contributed by atoms with Crippen LogP contribution in [-0.2, 0) is 6.54 Å². The van der Waals surface area contributed by atoms with Crippen molar-refractivity contribution in [2.24, 2.45) is 0 Å². The Bertz CT molecular complexity index is 685. The molecule has 2 aromatic rings. The fraction of sp³-hybridized carbons (Fsp3) is 0.421. The van der Waals surface area contributed by atoms with Crippen LogP contribution < -0.4 is 5.32 Å². The molecule has 1 fully saturated rings. The Morgan fingerprint density at radius 2 is 1.96 bits per heavy atom. The van der Waals surface area contributed by atoms with Crippen molar-refractivity contribution in [2.45, 2.75) is 25.4 Å². The summed E-state index contributed by atoms with van der Waals surface area (Å²) in [7, 11) is 1.85. The number of amides is 2. The largest absolute Gasteiger partial charge is 0.330 e. The molecule has 134 valence electrons. The zero-order valence-electron chi connectivity index (χ0n) is 14.5. The lowest BCUT2D eigenvalue weighted by Crippen LogP contribution is -2.42. The fourth-order valence-electron chi connectivity index (χ4n) is 3.14. The van der Waals surface area contributed by atoms with Crippen LogP contribution in [0.25, 0.3) is 0 Å². The molecule has 1 N–H and O–H groups in total. The van der Waals surface area contributed by atoms with Gasteiger partial charge < -0.3 is 15.1 Å². The minimum Gasteiger partial charge on any atom is -0.330 e. The number of likely N-dealkylation sites (tertiary alicyclic amines) is 1. The highest BCUT2D eigenvalue weighted by atomic mass is 79.9. The number of thiophene rings is 1. The molecule has 0 radical (unpaired) electrons. The number of nitrogens with zero attached hydrogens (tertiary/aromatic N) is 2. The summed E-state index contributed by atoms with van der Waals surface area (Å²) in [5.74, 6) is 0. The summed E-state index contributed by atoms with van der Waals surface area (Å²) in [5, 5.41) is 3.23. The number of urea groups is 1. The second-order valence-corrected chi connectivity index (χ2v) is 9.03. The smallest absolute Gasteiger partial charge is 0.317 e. The summed E-state index contributed by atoms with van der Waals surface area (Å²) in [4.78, 5) is 18.1. The molecule has 4 nitrogen and oxygen atoms in total. The van der Waals surface area contributed by atoms with E-state index < -0.39 is 0 Å². The number of rotatable bonds is 6. The minimum atomic E-state index is -0.0300. The Kier molecular flexibility index (Phi) is 6.51. The summed E-state index contributed by atoms with van der Waals surface area (Å²) >= 11 is 5.13. The molecule has 0 bridgehead atoms. The first-order valence-electron chi connectivity index (χ1n) is 8.65. The van der Waals surface area contributed by atoms with Crippen LogP contribution in [0.15, 0.2) is 46.3 Å². The molecular formula is C19H24BrN3OS. The Hall–Kier alpha value is -1.37. The number of hydrogen-bond acceptors (Lipinski definition) is 3. The van der Waals surface area contributed by atoms with Crippen molar-refractivity contribution >= 4 is 33.3 Å². The summed E-state index contributed by atoms with van der Waals surface area (Å²) in [5.41, 5.74) is 1.16. The maximum absolute atomic E-state index is 12.7. The molecule has 3 rings (SSSR count). The van der Waals surface area contributed by atoms with Crippen molar-refractivity contribution in [1.29, 1.82) is 0 Å². The Labute approximate surface area is 162 Å². The standard InChI is InChI=1S/C19H24BrN3OS/c1-22(13-16-9-10-18(20)25-16)19(24)21-17(14-23-11-5-6-12-23)15-7-3-2-4-8-15/h2-4,7-10,17H,5-6,11-14H2,1H3,(H,21,24). The minimum absolute atomic E-state index is 0.0179. The summed E-state index contributed by atoms with van der Waals surface area (Å²) in [6.07, 6.45) is 2.51. The summed E-state index contributed by atoms with van der Waals surface area (Å²) in [6.45, 7) is 3.73. The molecule has 25 heavy (non-hydrogen) atoms. The Balaban J connectivity index is 1.64. The van der Waals surface area contributed by atoms with Crippen LogP contribution in [0.1, 0.15) is 29.3 Å². The van der Waals surface area contributed by atoms with Crippen LogP contribution in [-0.4, -0.2) is 42.5 Å². The second-order valence-electron chi connectivity index (χ2n) is 6.48. The van der Waals surface area contributed by atoms with E-state index in [2.05, 4.69) is 44.3 Å². The lowest BCUT2D eigenvalue weighted by Gasteiger charge is -2.27. The Morgan fingerprint density at radius 1 is 1.24 bits per heavy atom. The van der Waals surface area contributed by atoms with Gasteiger partial charge >= 0.3 is 6.03 Å². The van der Waals surface area contributed by atoms with Gasteiger partial charge in [-0.1, -0.05) is 30.3 Å².